The molecule has 1 rings (SSSR count). The van der Waals surface area contributed by atoms with Crippen molar-refractivity contribution >= 4 is 0 Å². The van der Waals surface area contributed by atoms with Gasteiger partial charge in [0.1, 0.15) is 0 Å². The van der Waals surface area contributed by atoms with Crippen LogP contribution in [-0.2, 0) is 0 Å². The minimum atomic E-state index is 0.223. The standard InChI is InChI=1S/C8H18.C7H14O.C7H14.C2H6/c1-7(2)6-8(3,4)5;1-4-7(5-8)6(2)3;1-7-5-3-2-4-6-7;1-2/h7H,6H2,1-5H3;4,6-8H,1,5H2,2-3H3;7H,2-6H2,1H3;1-2H3. The molecule has 0 heterocycles. The van der Waals surface area contributed by atoms with Gasteiger partial charge in [-0.1, -0.05) is 107 Å². The largest absolute Gasteiger partial charge is 0.396 e. The first-order valence-electron chi connectivity index (χ1n) is 10.8. The Morgan fingerprint density at radius 2 is 1.44 bits per heavy atom. The summed E-state index contributed by atoms with van der Waals surface area (Å²) in [4.78, 5) is 0. The van der Waals surface area contributed by atoms with Crippen molar-refractivity contribution in [3.8, 4) is 0 Å². The molecule has 0 spiro atoms. The van der Waals surface area contributed by atoms with Crippen molar-refractivity contribution in [2.45, 2.75) is 108 Å². The third-order valence-electron chi connectivity index (χ3n) is 4.28. The Morgan fingerprint density at radius 1 is 1.00 bits per heavy atom. The van der Waals surface area contributed by atoms with E-state index in [9.17, 15) is 0 Å². The van der Waals surface area contributed by atoms with Crippen molar-refractivity contribution in [1.29, 1.82) is 0 Å². The molecule has 0 amide bonds. The average Bonchev–Trinajstić information content (AvgIpc) is 2.49. The topological polar surface area (TPSA) is 20.2 Å². The average molecular weight is 357 g/mol. The number of hydrogen-bond donors (Lipinski definition) is 1. The van der Waals surface area contributed by atoms with Crippen LogP contribution in [0.2, 0.25) is 0 Å². The molecule has 154 valence electrons. The van der Waals surface area contributed by atoms with E-state index in [1.807, 2.05) is 13.8 Å². The molecule has 0 aliphatic heterocycles. The normalized spacial score (nSPS) is 15.9. The second kappa shape index (κ2) is 18.5. The van der Waals surface area contributed by atoms with E-state index in [-0.39, 0.29) is 12.5 Å². The van der Waals surface area contributed by atoms with Gasteiger partial charge in [0, 0.05) is 12.5 Å². The smallest absolute Gasteiger partial charge is 0.0496 e. The molecule has 0 radical (unpaired) electrons. The molecule has 1 atom stereocenters. The van der Waals surface area contributed by atoms with Gasteiger partial charge in [-0.05, 0) is 29.6 Å². The van der Waals surface area contributed by atoms with E-state index in [4.69, 9.17) is 5.11 Å². The van der Waals surface area contributed by atoms with Gasteiger partial charge in [0.2, 0.25) is 0 Å². The number of aliphatic hydroxyl groups is 1. The molecule has 0 aromatic heterocycles. The van der Waals surface area contributed by atoms with E-state index in [0.717, 1.165) is 11.8 Å². The van der Waals surface area contributed by atoms with Crippen molar-refractivity contribution < 1.29 is 5.11 Å². The molecule has 0 saturated heterocycles. The van der Waals surface area contributed by atoms with Crippen molar-refractivity contribution in [2.75, 3.05) is 6.61 Å². The quantitative estimate of drug-likeness (QED) is 0.504. The fraction of sp³-hybridized carbons (Fsp3) is 0.917. The molecule has 25 heavy (non-hydrogen) atoms. The van der Waals surface area contributed by atoms with E-state index in [0.29, 0.717) is 11.3 Å². The highest BCUT2D eigenvalue weighted by Crippen LogP contribution is 2.23. The van der Waals surface area contributed by atoms with Crippen molar-refractivity contribution in [2.24, 2.45) is 29.1 Å². The lowest BCUT2D eigenvalue weighted by molar-refractivity contribution is 0.222. The number of hydrogen-bond acceptors (Lipinski definition) is 1. The summed E-state index contributed by atoms with van der Waals surface area (Å²) in [5, 5.41) is 8.63. The molecule has 1 fully saturated rings. The summed E-state index contributed by atoms with van der Waals surface area (Å²) in [7, 11) is 0. The van der Waals surface area contributed by atoms with Gasteiger partial charge >= 0.3 is 0 Å². The summed E-state index contributed by atoms with van der Waals surface area (Å²) in [6.07, 6.45) is 10.6. The highest BCUT2D eigenvalue weighted by Gasteiger charge is 2.11. The van der Waals surface area contributed by atoms with E-state index in [1.54, 1.807) is 6.08 Å². The van der Waals surface area contributed by atoms with Gasteiger partial charge in [0.05, 0.1) is 0 Å². The maximum atomic E-state index is 8.63. The predicted octanol–water partition coefficient (Wildman–Crippen LogP) is 8.13. The third kappa shape index (κ3) is 26.0. The number of rotatable bonds is 4. The Kier molecular flexibility index (Phi) is 21.8. The van der Waals surface area contributed by atoms with Crippen LogP contribution in [0.5, 0.6) is 0 Å². The Hall–Kier alpha value is -0.300. The molecule has 1 unspecified atom stereocenters. The minimum Gasteiger partial charge on any atom is -0.396 e. The van der Waals surface area contributed by atoms with Crippen molar-refractivity contribution in [3.05, 3.63) is 12.7 Å². The lowest BCUT2D eigenvalue weighted by Crippen LogP contribution is -2.09. The van der Waals surface area contributed by atoms with Gasteiger partial charge in [-0.25, -0.2) is 0 Å². The van der Waals surface area contributed by atoms with E-state index in [1.165, 1.54) is 38.5 Å². The zero-order chi connectivity index (χ0) is 20.5. The van der Waals surface area contributed by atoms with Crippen LogP contribution >= 0.6 is 0 Å². The summed E-state index contributed by atoms with van der Waals surface area (Å²) >= 11 is 0. The first-order chi connectivity index (χ1) is 11.5. The zero-order valence-electron chi connectivity index (χ0n) is 19.5. The SMILES string of the molecule is C=CC(CO)C(C)C.CC.CC(C)CC(C)(C)C.CC1CCCCC1. The van der Waals surface area contributed by atoms with E-state index >= 15 is 0 Å². The molecule has 0 aromatic carbocycles. The first kappa shape index (κ1) is 29.5. The molecule has 0 aromatic rings. The van der Waals surface area contributed by atoms with Crippen LogP contribution in [0.3, 0.4) is 0 Å². The van der Waals surface area contributed by atoms with Crippen LogP contribution < -0.4 is 0 Å². The number of aliphatic hydroxyl groups excluding tert-OH is 1. The lowest BCUT2D eigenvalue weighted by atomic mass is 9.86. The summed E-state index contributed by atoms with van der Waals surface area (Å²) < 4.78 is 0. The third-order valence-corrected chi connectivity index (χ3v) is 4.28. The van der Waals surface area contributed by atoms with E-state index in [2.05, 4.69) is 62.0 Å². The lowest BCUT2D eigenvalue weighted by Gasteiger charge is -2.19. The van der Waals surface area contributed by atoms with Crippen LogP contribution in [0.1, 0.15) is 108 Å². The second-order valence-corrected chi connectivity index (χ2v) is 9.23. The highest BCUT2D eigenvalue weighted by atomic mass is 16.3. The maximum Gasteiger partial charge on any atom is 0.0496 e. The molecule has 1 heteroatoms. The molecule has 1 aliphatic carbocycles. The Bertz CT molecular complexity index is 254. The van der Waals surface area contributed by atoms with Gasteiger partial charge in [0.25, 0.3) is 0 Å². The fourth-order valence-corrected chi connectivity index (χ4v) is 3.09. The van der Waals surface area contributed by atoms with Gasteiger partial charge in [-0.3, -0.25) is 0 Å². The van der Waals surface area contributed by atoms with Gasteiger partial charge in [-0.15, -0.1) is 6.58 Å². The minimum absolute atomic E-state index is 0.223. The highest BCUT2D eigenvalue weighted by molar-refractivity contribution is 4.80. The summed E-state index contributed by atoms with van der Waals surface area (Å²) in [5.41, 5.74) is 0.522. The van der Waals surface area contributed by atoms with Crippen LogP contribution in [-0.4, -0.2) is 11.7 Å². The molecule has 1 nitrogen and oxygen atoms in total. The van der Waals surface area contributed by atoms with Crippen LogP contribution in [0.25, 0.3) is 0 Å². The van der Waals surface area contributed by atoms with Crippen LogP contribution in [0, 0.1) is 29.1 Å². The van der Waals surface area contributed by atoms with Crippen LogP contribution in [0.4, 0.5) is 0 Å². The fourth-order valence-electron chi connectivity index (χ4n) is 3.09. The Labute approximate surface area is 161 Å². The molecule has 1 N–H and O–H groups in total. The first-order valence-corrected chi connectivity index (χ1v) is 10.8. The second-order valence-electron chi connectivity index (χ2n) is 9.23. The summed E-state index contributed by atoms with van der Waals surface area (Å²) in [6, 6.07) is 0. The van der Waals surface area contributed by atoms with Crippen LogP contribution in [0.15, 0.2) is 12.7 Å². The molecular weight excluding hydrogens is 304 g/mol. The molecule has 0 bridgehead atoms. The molecular formula is C24H52O. The van der Waals surface area contributed by atoms with Crippen molar-refractivity contribution in [3.63, 3.8) is 0 Å². The predicted molar refractivity (Wildman–Crippen MR) is 118 cm³/mol. The van der Waals surface area contributed by atoms with Gasteiger partial charge < -0.3 is 5.11 Å². The monoisotopic (exact) mass is 356 g/mol. The van der Waals surface area contributed by atoms with E-state index < -0.39 is 0 Å². The summed E-state index contributed by atoms with van der Waals surface area (Å²) in [6.45, 7) is 25.7. The maximum absolute atomic E-state index is 8.63. The van der Waals surface area contributed by atoms with Crippen molar-refractivity contribution in [1.82, 2.24) is 0 Å². The molecule has 1 aliphatic rings. The zero-order valence-corrected chi connectivity index (χ0v) is 19.5. The van der Waals surface area contributed by atoms with Gasteiger partial charge in [0.15, 0.2) is 0 Å². The summed E-state index contributed by atoms with van der Waals surface area (Å²) in [5.74, 6) is 2.66. The van der Waals surface area contributed by atoms with Gasteiger partial charge in [-0.2, -0.15) is 0 Å². The molecule has 1 saturated carbocycles. The Balaban J connectivity index is -0.000000276. The Morgan fingerprint density at radius 3 is 1.52 bits per heavy atom.